The number of amides is 3. The van der Waals surface area contributed by atoms with Crippen LogP contribution in [-0.2, 0) is 14.3 Å². The number of carbonyl (C=O) groups excluding carboxylic acids is 3. The van der Waals surface area contributed by atoms with Crippen LogP contribution < -0.4 is 5.32 Å². The molecule has 2 aromatic carbocycles. The van der Waals surface area contributed by atoms with Gasteiger partial charge in [-0.2, -0.15) is 0 Å². The lowest BCUT2D eigenvalue weighted by Crippen LogP contribution is -2.54. The van der Waals surface area contributed by atoms with Crippen LogP contribution in [0.25, 0.3) is 11.1 Å². The van der Waals surface area contributed by atoms with Crippen molar-refractivity contribution in [3.05, 3.63) is 60.2 Å². The van der Waals surface area contributed by atoms with Crippen LogP contribution in [-0.4, -0.2) is 98.0 Å². The number of piperazine rings is 1. The molecule has 1 N–H and O–H groups in total. The predicted octanol–water partition coefficient (Wildman–Crippen LogP) is 1.09. The van der Waals surface area contributed by atoms with E-state index in [9.17, 15) is 14.4 Å². The molecule has 174 valence electrons. The van der Waals surface area contributed by atoms with Gasteiger partial charge >= 0.3 is 0 Å². The van der Waals surface area contributed by atoms with E-state index in [1.54, 1.807) is 17.0 Å². The van der Waals surface area contributed by atoms with Crippen LogP contribution in [0.1, 0.15) is 10.4 Å². The van der Waals surface area contributed by atoms with E-state index in [0.717, 1.165) is 11.1 Å². The topological polar surface area (TPSA) is 82.2 Å². The first-order chi connectivity index (χ1) is 16.1. The van der Waals surface area contributed by atoms with Gasteiger partial charge < -0.3 is 19.9 Å². The zero-order valence-corrected chi connectivity index (χ0v) is 18.7. The summed E-state index contributed by atoms with van der Waals surface area (Å²) in [5, 5.41) is 2.73. The second-order valence-corrected chi connectivity index (χ2v) is 8.28. The average Bonchev–Trinajstić information content (AvgIpc) is 2.88. The van der Waals surface area contributed by atoms with E-state index in [4.69, 9.17) is 4.74 Å². The van der Waals surface area contributed by atoms with E-state index in [0.29, 0.717) is 64.6 Å². The molecule has 0 spiro atoms. The quantitative estimate of drug-likeness (QED) is 0.713. The first kappa shape index (κ1) is 22.9. The van der Waals surface area contributed by atoms with Crippen LogP contribution in [0.4, 0.5) is 0 Å². The van der Waals surface area contributed by atoms with Gasteiger partial charge in [0.15, 0.2) is 0 Å². The van der Waals surface area contributed by atoms with E-state index in [2.05, 4.69) is 10.2 Å². The lowest BCUT2D eigenvalue weighted by Gasteiger charge is -2.36. The molecule has 0 aliphatic carbocycles. The minimum Gasteiger partial charge on any atom is -0.378 e. The minimum atomic E-state index is -0.266. The maximum atomic E-state index is 12.6. The van der Waals surface area contributed by atoms with Crippen molar-refractivity contribution in [3.8, 4) is 11.1 Å². The molecule has 2 saturated heterocycles. The Kier molecular flexibility index (Phi) is 7.70. The zero-order valence-electron chi connectivity index (χ0n) is 18.7. The largest absolute Gasteiger partial charge is 0.378 e. The lowest BCUT2D eigenvalue weighted by molar-refractivity contribution is -0.137. The highest BCUT2D eigenvalue weighted by molar-refractivity contribution is 5.96. The summed E-state index contributed by atoms with van der Waals surface area (Å²) in [7, 11) is 0. The van der Waals surface area contributed by atoms with Gasteiger partial charge in [0.2, 0.25) is 11.8 Å². The number of nitrogens with one attached hydrogen (secondary N) is 1. The standard InChI is InChI=1S/C25H30N4O4/c30-23(28-12-10-27(11-13-28)19-24(31)29-14-16-33-17-15-29)18-26-25(32)22-8-6-21(7-9-22)20-4-2-1-3-5-20/h1-9H,10-19H2,(H,26,32). The fraction of sp³-hybridized carbons (Fsp3) is 0.400. The SMILES string of the molecule is O=C(NCC(=O)N1CCN(CC(=O)N2CCOCC2)CC1)c1ccc(-c2ccccc2)cc1. The Labute approximate surface area is 194 Å². The number of rotatable bonds is 6. The van der Waals surface area contributed by atoms with Gasteiger partial charge in [0.25, 0.3) is 5.91 Å². The normalized spacial score (nSPS) is 17.0. The van der Waals surface area contributed by atoms with Gasteiger partial charge in [-0.3, -0.25) is 19.3 Å². The van der Waals surface area contributed by atoms with Gasteiger partial charge in [0.1, 0.15) is 0 Å². The van der Waals surface area contributed by atoms with Crippen molar-refractivity contribution in [2.45, 2.75) is 0 Å². The molecule has 2 aliphatic rings. The molecule has 0 bridgehead atoms. The Hall–Kier alpha value is -3.23. The molecule has 8 heteroatoms. The number of carbonyl (C=O) groups is 3. The fourth-order valence-electron chi connectivity index (χ4n) is 4.07. The fourth-order valence-corrected chi connectivity index (χ4v) is 4.07. The van der Waals surface area contributed by atoms with Gasteiger partial charge in [-0.15, -0.1) is 0 Å². The molecule has 0 saturated carbocycles. The Morgan fingerprint density at radius 2 is 1.33 bits per heavy atom. The molecule has 2 heterocycles. The summed E-state index contributed by atoms with van der Waals surface area (Å²) in [5.74, 6) is -0.260. The van der Waals surface area contributed by atoms with Crippen LogP contribution in [0.15, 0.2) is 54.6 Å². The number of morpholine rings is 1. The Bertz CT molecular complexity index is 950. The molecule has 0 atom stereocenters. The lowest BCUT2D eigenvalue weighted by atomic mass is 10.0. The molecule has 0 aromatic heterocycles. The average molecular weight is 451 g/mol. The number of ether oxygens (including phenoxy) is 1. The van der Waals surface area contributed by atoms with Crippen molar-refractivity contribution < 1.29 is 19.1 Å². The highest BCUT2D eigenvalue weighted by atomic mass is 16.5. The molecule has 2 aliphatic heterocycles. The Balaban J connectivity index is 1.19. The smallest absolute Gasteiger partial charge is 0.251 e. The van der Waals surface area contributed by atoms with Crippen LogP contribution in [0, 0.1) is 0 Å². The molecule has 33 heavy (non-hydrogen) atoms. The van der Waals surface area contributed by atoms with E-state index < -0.39 is 0 Å². The van der Waals surface area contributed by atoms with Gasteiger partial charge in [-0.25, -0.2) is 0 Å². The summed E-state index contributed by atoms with van der Waals surface area (Å²) in [6, 6.07) is 17.3. The molecule has 3 amide bonds. The molecule has 0 unspecified atom stereocenters. The summed E-state index contributed by atoms with van der Waals surface area (Å²) < 4.78 is 5.29. The molecular weight excluding hydrogens is 420 g/mol. The predicted molar refractivity (Wildman–Crippen MR) is 125 cm³/mol. The monoisotopic (exact) mass is 450 g/mol. The van der Waals surface area contributed by atoms with E-state index >= 15 is 0 Å². The highest BCUT2D eigenvalue weighted by Gasteiger charge is 2.25. The van der Waals surface area contributed by atoms with Crippen LogP contribution in [0.3, 0.4) is 0 Å². The van der Waals surface area contributed by atoms with Crippen molar-refractivity contribution in [3.63, 3.8) is 0 Å². The van der Waals surface area contributed by atoms with E-state index in [-0.39, 0.29) is 24.3 Å². The number of hydrogen-bond donors (Lipinski definition) is 1. The van der Waals surface area contributed by atoms with Crippen molar-refractivity contribution >= 4 is 17.7 Å². The summed E-state index contributed by atoms with van der Waals surface area (Å²) in [6.07, 6.45) is 0. The summed E-state index contributed by atoms with van der Waals surface area (Å²) >= 11 is 0. The third-order valence-electron chi connectivity index (χ3n) is 6.10. The molecule has 4 rings (SSSR count). The second kappa shape index (κ2) is 11.1. The van der Waals surface area contributed by atoms with Crippen LogP contribution in [0.5, 0.6) is 0 Å². The van der Waals surface area contributed by atoms with Crippen molar-refractivity contribution in [2.75, 3.05) is 65.6 Å². The second-order valence-electron chi connectivity index (χ2n) is 8.28. The highest BCUT2D eigenvalue weighted by Crippen LogP contribution is 2.19. The van der Waals surface area contributed by atoms with Crippen LogP contribution in [0.2, 0.25) is 0 Å². The maximum Gasteiger partial charge on any atom is 0.251 e. The number of nitrogens with zero attached hydrogens (tertiary/aromatic N) is 3. The Morgan fingerprint density at radius 3 is 2.00 bits per heavy atom. The molecule has 0 radical (unpaired) electrons. The van der Waals surface area contributed by atoms with Gasteiger partial charge in [-0.05, 0) is 23.3 Å². The minimum absolute atomic E-state index is 0.0357. The van der Waals surface area contributed by atoms with Crippen molar-refractivity contribution in [1.29, 1.82) is 0 Å². The van der Waals surface area contributed by atoms with Gasteiger partial charge in [0, 0.05) is 44.8 Å². The summed E-state index contributed by atoms with van der Waals surface area (Å²) in [5.41, 5.74) is 2.65. The molecular formula is C25H30N4O4. The number of hydrogen-bond acceptors (Lipinski definition) is 5. The molecule has 8 nitrogen and oxygen atoms in total. The maximum absolute atomic E-state index is 12.6. The van der Waals surface area contributed by atoms with E-state index in [1.165, 1.54) is 0 Å². The Morgan fingerprint density at radius 1 is 0.727 bits per heavy atom. The van der Waals surface area contributed by atoms with Crippen molar-refractivity contribution in [2.24, 2.45) is 0 Å². The van der Waals surface area contributed by atoms with E-state index in [1.807, 2.05) is 47.4 Å². The molecule has 2 fully saturated rings. The number of benzene rings is 2. The van der Waals surface area contributed by atoms with Crippen molar-refractivity contribution in [1.82, 2.24) is 20.0 Å². The molecule has 2 aromatic rings. The van der Waals surface area contributed by atoms with Gasteiger partial charge in [-0.1, -0.05) is 42.5 Å². The summed E-state index contributed by atoms with van der Waals surface area (Å²) in [4.78, 5) is 43.1. The first-order valence-electron chi connectivity index (χ1n) is 11.4. The zero-order chi connectivity index (χ0) is 23.0. The third kappa shape index (κ3) is 6.18. The first-order valence-corrected chi connectivity index (χ1v) is 11.4. The van der Waals surface area contributed by atoms with Crippen LogP contribution >= 0.6 is 0 Å². The van der Waals surface area contributed by atoms with Gasteiger partial charge in [0.05, 0.1) is 26.3 Å². The third-order valence-corrected chi connectivity index (χ3v) is 6.10. The summed E-state index contributed by atoms with van der Waals surface area (Å²) in [6.45, 7) is 5.22.